The normalized spacial score (nSPS) is 11.2. The molecule has 2 aromatic carbocycles. The maximum atomic E-state index is 12.4. The quantitative estimate of drug-likeness (QED) is 0.306. The van der Waals surface area contributed by atoms with Crippen molar-refractivity contribution in [2.45, 2.75) is 102 Å². The van der Waals surface area contributed by atoms with E-state index in [2.05, 4.69) is 78.0 Å². The Hall–Kier alpha value is -2.39. The van der Waals surface area contributed by atoms with Crippen molar-refractivity contribution in [2.24, 2.45) is 5.92 Å². The zero-order chi connectivity index (χ0) is 26.1. The van der Waals surface area contributed by atoms with Crippen molar-refractivity contribution < 1.29 is 14.6 Å². The monoisotopic (exact) mass is 482 g/mol. The van der Waals surface area contributed by atoms with E-state index >= 15 is 0 Å². The van der Waals surface area contributed by atoms with Crippen LogP contribution in [0.15, 0.2) is 24.3 Å². The molecule has 0 heterocycles. The molecule has 3 nitrogen and oxygen atoms in total. The Labute approximate surface area is 215 Å². The maximum Gasteiger partial charge on any atom is 0.310 e. The van der Waals surface area contributed by atoms with E-state index in [1.165, 1.54) is 38.9 Å². The van der Waals surface area contributed by atoms with Crippen LogP contribution in [-0.2, 0) is 28.8 Å². The molecule has 0 unspecified atom stereocenters. The minimum atomic E-state index is -0.500. The molecular formula is C32H50O3. The van der Waals surface area contributed by atoms with Crippen LogP contribution in [0, 0.1) is 26.7 Å². The average Bonchev–Trinajstić information content (AvgIpc) is 2.71. The third kappa shape index (κ3) is 11.3. The van der Waals surface area contributed by atoms with Gasteiger partial charge in [-0.25, -0.2) is 0 Å². The molecule has 0 saturated heterocycles. The second-order valence-electron chi connectivity index (χ2n) is 10.4. The van der Waals surface area contributed by atoms with Gasteiger partial charge >= 0.3 is 5.97 Å². The summed E-state index contributed by atoms with van der Waals surface area (Å²) in [7, 11) is 0. The van der Waals surface area contributed by atoms with Crippen molar-refractivity contribution in [3.63, 3.8) is 0 Å². The SMILES string of the molecule is C.CC(C)(C)O.CCOC(=O)Cc1c(C)c(CC)c(CC(C)C)c(C)c1/C=C/c1ccc(C)cc1. The first kappa shape index (κ1) is 32.6. The van der Waals surface area contributed by atoms with Gasteiger partial charge in [0.2, 0.25) is 0 Å². The average molecular weight is 483 g/mol. The van der Waals surface area contributed by atoms with Crippen LogP contribution in [0.3, 0.4) is 0 Å². The molecule has 0 bridgehead atoms. The topological polar surface area (TPSA) is 46.5 Å². The molecule has 0 fully saturated rings. The second-order valence-corrected chi connectivity index (χ2v) is 10.4. The van der Waals surface area contributed by atoms with Crippen molar-refractivity contribution in [3.05, 3.63) is 68.8 Å². The summed E-state index contributed by atoms with van der Waals surface area (Å²) in [5.41, 5.74) is 9.56. The molecule has 0 radical (unpaired) electrons. The summed E-state index contributed by atoms with van der Waals surface area (Å²) in [5.74, 6) is 0.432. The molecule has 0 saturated carbocycles. The first-order valence-corrected chi connectivity index (χ1v) is 12.5. The Bertz CT molecular complexity index is 952. The van der Waals surface area contributed by atoms with Gasteiger partial charge in [-0.2, -0.15) is 0 Å². The molecule has 0 aliphatic carbocycles. The van der Waals surface area contributed by atoms with E-state index < -0.39 is 5.60 Å². The number of aliphatic hydroxyl groups is 1. The summed E-state index contributed by atoms with van der Waals surface area (Å²) < 4.78 is 5.28. The lowest BCUT2D eigenvalue weighted by molar-refractivity contribution is -0.142. The van der Waals surface area contributed by atoms with E-state index in [1.807, 2.05) is 6.92 Å². The molecule has 0 aliphatic heterocycles. The predicted molar refractivity (Wildman–Crippen MR) is 153 cm³/mol. The maximum absolute atomic E-state index is 12.4. The lowest BCUT2D eigenvalue weighted by atomic mass is 9.82. The van der Waals surface area contributed by atoms with Gasteiger partial charge in [0, 0.05) is 0 Å². The fourth-order valence-corrected chi connectivity index (χ4v) is 4.06. The van der Waals surface area contributed by atoms with Gasteiger partial charge in [-0.15, -0.1) is 0 Å². The van der Waals surface area contributed by atoms with Crippen LogP contribution in [-0.4, -0.2) is 23.3 Å². The minimum Gasteiger partial charge on any atom is -0.466 e. The number of carbonyl (C=O) groups excluding carboxylic acids is 1. The van der Waals surface area contributed by atoms with Crippen LogP contribution in [0.4, 0.5) is 0 Å². The zero-order valence-electron chi connectivity index (χ0n) is 23.1. The number of carbonyl (C=O) groups is 1. The first-order valence-electron chi connectivity index (χ1n) is 12.5. The summed E-state index contributed by atoms with van der Waals surface area (Å²) in [4.78, 5) is 12.4. The molecule has 2 rings (SSSR count). The van der Waals surface area contributed by atoms with Crippen LogP contribution in [0.5, 0.6) is 0 Å². The Morgan fingerprint density at radius 1 is 0.943 bits per heavy atom. The predicted octanol–water partition coefficient (Wildman–Crippen LogP) is 8.06. The third-order valence-corrected chi connectivity index (χ3v) is 5.56. The van der Waals surface area contributed by atoms with Gasteiger partial charge in [-0.3, -0.25) is 4.79 Å². The van der Waals surface area contributed by atoms with Crippen molar-refractivity contribution in [3.8, 4) is 0 Å². The second kappa shape index (κ2) is 14.9. The van der Waals surface area contributed by atoms with E-state index in [0.29, 0.717) is 18.9 Å². The Morgan fingerprint density at radius 3 is 1.94 bits per heavy atom. The molecular weight excluding hydrogens is 432 g/mol. The lowest BCUT2D eigenvalue weighted by Crippen LogP contribution is -2.14. The van der Waals surface area contributed by atoms with Crippen molar-refractivity contribution >= 4 is 18.1 Å². The van der Waals surface area contributed by atoms with Crippen LogP contribution in [0.25, 0.3) is 12.2 Å². The summed E-state index contributed by atoms with van der Waals surface area (Å²) in [6, 6.07) is 8.52. The van der Waals surface area contributed by atoms with Crippen molar-refractivity contribution in [1.29, 1.82) is 0 Å². The van der Waals surface area contributed by atoms with Crippen LogP contribution < -0.4 is 0 Å². The van der Waals surface area contributed by atoms with Gasteiger partial charge in [0.1, 0.15) is 0 Å². The molecule has 0 atom stereocenters. The number of benzene rings is 2. The van der Waals surface area contributed by atoms with Gasteiger partial charge in [-0.1, -0.05) is 70.2 Å². The highest BCUT2D eigenvalue weighted by Crippen LogP contribution is 2.32. The summed E-state index contributed by atoms with van der Waals surface area (Å²) in [6.45, 7) is 20.7. The Balaban J connectivity index is 0.00000175. The minimum absolute atomic E-state index is 0. The van der Waals surface area contributed by atoms with Crippen molar-refractivity contribution in [2.75, 3.05) is 6.61 Å². The summed E-state index contributed by atoms with van der Waals surface area (Å²) >= 11 is 0. The largest absolute Gasteiger partial charge is 0.466 e. The highest BCUT2D eigenvalue weighted by Gasteiger charge is 2.20. The highest BCUT2D eigenvalue weighted by molar-refractivity contribution is 5.80. The molecule has 196 valence electrons. The standard InChI is InChI=1S/C27H36O2.C4H10O.CH4/c1-8-23-20(6)26(17-27(28)29-9-2)24(21(7)25(23)16-18(3)4)15-14-22-12-10-19(5)11-13-22;1-4(2,3)5;/h10-15,18H,8-9,16-17H2,1-7H3;5H,1-3H3;1H4/b15-14+;;. The first-order chi connectivity index (χ1) is 15.8. The molecule has 0 aromatic heterocycles. The van der Waals surface area contributed by atoms with Gasteiger partial charge in [0.25, 0.3) is 0 Å². The zero-order valence-corrected chi connectivity index (χ0v) is 23.1. The van der Waals surface area contributed by atoms with Gasteiger partial charge in [0.05, 0.1) is 18.6 Å². The molecule has 0 spiro atoms. The highest BCUT2D eigenvalue weighted by atomic mass is 16.5. The molecule has 2 aromatic rings. The van der Waals surface area contributed by atoms with Crippen LogP contribution >= 0.6 is 0 Å². The number of ether oxygens (including phenoxy) is 1. The number of hydrogen-bond acceptors (Lipinski definition) is 3. The van der Waals surface area contributed by atoms with E-state index in [0.717, 1.165) is 18.4 Å². The fraction of sp³-hybridized carbons (Fsp3) is 0.531. The van der Waals surface area contributed by atoms with E-state index in [9.17, 15) is 4.79 Å². The number of aryl methyl sites for hydroxylation is 1. The van der Waals surface area contributed by atoms with E-state index in [-0.39, 0.29) is 13.4 Å². The third-order valence-electron chi connectivity index (χ3n) is 5.56. The number of esters is 1. The van der Waals surface area contributed by atoms with Crippen molar-refractivity contribution in [1.82, 2.24) is 0 Å². The smallest absolute Gasteiger partial charge is 0.310 e. The Morgan fingerprint density at radius 2 is 1.49 bits per heavy atom. The van der Waals surface area contributed by atoms with Crippen LogP contribution in [0.2, 0.25) is 0 Å². The molecule has 35 heavy (non-hydrogen) atoms. The van der Waals surface area contributed by atoms with Gasteiger partial charge < -0.3 is 9.84 Å². The number of rotatable bonds is 8. The van der Waals surface area contributed by atoms with E-state index in [1.54, 1.807) is 20.8 Å². The lowest BCUT2D eigenvalue weighted by Gasteiger charge is -2.23. The summed E-state index contributed by atoms with van der Waals surface area (Å²) in [6.07, 6.45) is 6.70. The Kier molecular flexibility index (Phi) is 13.9. The van der Waals surface area contributed by atoms with E-state index in [4.69, 9.17) is 9.84 Å². The molecule has 0 amide bonds. The van der Waals surface area contributed by atoms with Gasteiger partial charge in [-0.05, 0) is 106 Å². The van der Waals surface area contributed by atoms with Crippen LogP contribution in [0.1, 0.15) is 100 Å². The number of hydrogen-bond donors (Lipinski definition) is 1. The fourth-order valence-electron chi connectivity index (χ4n) is 4.06. The van der Waals surface area contributed by atoms with Gasteiger partial charge in [0.15, 0.2) is 0 Å². The molecule has 1 N–H and O–H groups in total. The molecule has 3 heteroatoms. The molecule has 0 aliphatic rings. The summed E-state index contributed by atoms with van der Waals surface area (Å²) in [5, 5.41) is 8.52.